The first-order chi connectivity index (χ1) is 8.23. The summed E-state index contributed by atoms with van der Waals surface area (Å²) in [6.07, 6.45) is -7.34. The summed E-state index contributed by atoms with van der Waals surface area (Å²) in [7, 11) is 0. The van der Waals surface area contributed by atoms with Gasteiger partial charge in [-0.05, 0) is 19.1 Å². The van der Waals surface area contributed by atoms with E-state index in [-0.39, 0.29) is 5.56 Å². The molecule has 0 fully saturated rings. The van der Waals surface area contributed by atoms with Crippen molar-refractivity contribution in [3.8, 4) is 0 Å². The van der Waals surface area contributed by atoms with Crippen LogP contribution in [0.4, 0.5) is 22.0 Å². The first-order valence-corrected chi connectivity index (χ1v) is 5.15. The van der Waals surface area contributed by atoms with Crippen LogP contribution >= 0.6 is 0 Å². The summed E-state index contributed by atoms with van der Waals surface area (Å²) in [5, 5.41) is 11.0. The van der Waals surface area contributed by atoms with E-state index in [2.05, 4.69) is 5.32 Å². The van der Waals surface area contributed by atoms with Crippen molar-refractivity contribution < 1.29 is 27.1 Å². The molecule has 1 aromatic rings. The van der Waals surface area contributed by atoms with Crippen LogP contribution in [0.1, 0.15) is 18.5 Å². The molecule has 2 N–H and O–H groups in total. The molecule has 0 spiro atoms. The highest BCUT2D eigenvalue weighted by atomic mass is 19.4. The van der Waals surface area contributed by atoms with Crippen molar-refractivity contribution >= 4 is 0 Å². The van der Waals surface area contributed by atoms with Crippen LogP contribution < -0.4 is 5.32 Å². The molecule has 102 valence electrons. The molecule has 0 aromatic heterocycles. The van der Waals surface area contributed by atoms with Gasteiger partial charge in [-0.15, -0.1) is 0 Å². The van der Waals surface area contributed by atoms with Gasteiger partial charge in [0.05, 0.1) is 0 Å². The van der Waals surface area contributed by atoms with Gasteiger partial charge in [0.25, 0.3) is 0 Å². The molecule has 0 bridgehead atoms. The fourth-order valence-corrected chi connectivity index (χ4v) is 1.43. The first-order valence-electron chi connectivity index (χ1n) is 5.15. The topological polar surface area (TPSA) is 32.3 Å². The lowest BCUT2D eigenvalue weighted by Crippen LogP contribution is -2.39. The zero-order chi connectivity index (χ0) is 13.9. The van der Waals surface area contributed by atoms with E-state index in [0.717, 1.165) is 18.2 Å². The molecule has 7 heteroatoms. The molecule has 0 saturated heterocycles. The number of benzene rings is 1. The number of aliphatic hydroxyl groups is 1. The summed E-state index contributed by atoms with van der Waals surface area (Å²) in [5.41, 5.74) is -0.355. The van der Waals surface area contributed by atoms with E-state index in [4.69, 9.17) is 5.11 Å². The van der Waals surface area contributed by atoms with Crippen molar-refractivity contribution in [2.45, 2.75) is 25.2 Å². The third-order valence-corrected chi connectivity index (χ3v) is 2.43. The van der Waals surface area contributed by atoms with Crippen LogP contribution in [0.5, 0.6) is 0 Å². The van der Waals surface area contributed by atoms with Crippen LogP contribution in [-0.4, -0.2) is 23.9 Å². The number of aliphatic hydroxyl groups excluding tert-OH is 1. The van der Waals surface area contributed by atoms with Gasteiger partial charge in [-0.25, -0.2) is 8.78 Å². The Morgan fingerprint density at radius 1 is 1.22 bits per heavy atom. The van der Waals surface area contributed by atoms with Crippen LogP contribution in [0.25, 0.3) is 0 Å². The smallest absolute Gasteiger partial charge is 0.382 e. The second-order valence-corrected chi connectivity index (χ2v) is 3.82. The van der Waals surface area contributed by atoms with Crippen LogP contribution in [-0.2, 0) is 0 Å². The minimum Gasteiger partial charge on any atom is -0.382 e. The molecule has 2 unspecified atom stereocenters. The highest BCUT2D eigenvalue weighted by Gasteiger charge is 2.38. The Morgan fingerprint density at radius 2 is 1.72 bits per heavy atom. The molecule has 0 aliphatic rings. The average Bonchev–Trinajstić information content (AvgIpc) is 2.24. The molecule has 2 atom stereocenters. The molecule has 0 amide bonds. The second-order valence-electron chi connectivity index (χ2n) is 3.82. The molecule has 2 nitrogen and oxygen atoms in total. The number of rotatable bonds is 4. The Bertz CT molecular complexity index is 387. The largest absolute Gasteiger partial charge is 0.415 e. The Labute approximate surface area is 100 Å². The lowest BCUT2D eigenvalue weighted by molar-refractivity contribution is -0.202. The molecule has 0 saturated carbocycles. The van der Waals surface area contributed by atoms with Crippen LogP contribution in [0, 0.1) is 11.6 Å². The summed E-state index contributed by atoms with van der Waals surface area (Å²) in [5.74, 6) is -1.70. The molecule has 18 heavy (non-hydrogen) atoms. The standard InChI is InChI=1S/C11H12F5NO/c1-6(17-5-9(18)11(14,15)16)10-7(12)3-2-4-8(10)13/h2-4,6,9,17-18H,5H2,1H3. The Morgan fingerprint density at radius 3 is 2.17 bits per heavy atom. The Balaban J connectivity index is 2.69. The maximum absolute atomic E-state index is 13.3. The van der Waals surface area contributed by atoms with Crippen molar-refractivity contribution in [2.24, 2.45) is 0 Å². The van der Waals surface area contributed by atoms with Gasteiger partial charge in [0, 0.05) is 18.2 Å². The maximum Gasteiger partial charge on any atom is 0.415 e. The molecule has 1 rings (SSSR count). The van der Waals surface area contributed by atoms with E-state index in [9.17, 15) is 22.0 Å². The zero-order valence-corrected chi connectivity index (χ0v) is 9.43. The van der Waals surface area contributed by atoms with Gasteiger partial charge >= 0.3 is 6.18 Å². The summed E-state index contributed by atoms with van der Waals surface area (Å²) < 4.78 is 62.7. The van der Waals surface area contributed by atoms with E-state index < -0.39 is 36.5 Å². The summed E-state index contributed by atoms with van der Waals surface area (Å²) in [4.78, 5) is 0. The highest BCUT2D eigenvalue weighted by molar-refractivity contribution is 5.22. The number of alkyl halides is 3. The van der Waals surface area contributed by atoms with Crippen molar-refractivity contribution in [1.82, 2.24) is 5.32 Å². The minimum absolute atomic E-state index is 0.355. The molecule has 0 aliphatic heterocycles. The third kappa shape index (κ3) is 3.64. The van der Waals surface area contributed by atoms with Crippen molar-refractivity contribution in [2.75, 3.05) is 6.54 Å². The van der Waals surface area contributed by atoms with Gasteiger partial charge in [0.2, 0.25) is 0 Å². The molecular weight excluding hydrogens is 257 g/mol. The van der Waals surface area contributed by atoms with Gasteiger partial charge in [-0.3, -0.25) is 0 Å². The predicted octanol–water partition coefficient (Wildman–Crippen LogP) is 2.54. The zero-order valence-electron chi connectivity index (χ0n) is 9.43. The van der Waals surface area contributed by atoms with E-state index in [1.807, 2.05) is 0 Å². The summed E-state index contributed by atoms with van der Waals surface area (Å²) in [6, 6.07) is 2.20. The predicted molar refractivity (Wildman–Crippen MR) is 54.8 cm³/mol. The van der Waals surface area contributed by atoms with Gasteiger partial charge in [-0.2, -0.15) is 13.2 Å². The van der Waals surface area contributed by atoms with Crippen LogP contribution in [0.2, 0.25) is 0 Å². The molecule has 1 aromatic carbocycles. The second kappa shape index (κ2) is 5.62. The van der Waals surface area contributed by atoms with Crippen molar-refractivity contribution in [1.29, 1.82) is 0 Å². The minimum atomic E-state index is -4.76. The highest BCUT2D eigenvalue weighted by Crippen LogP contribution is 2.22. The van der Waals surface area contributed by atoms with Gasteiger partial charge in [-0.1, -0.05) is 6.07 Å². The van der Waals surface area contributed by atoms with E-state index in [0.29, 0.717) is 0 Å². The van der Waals surface area contributed by atoms with Crippen LogP contribution in [0.15, 0.2) is 18.2 Å². The van der Waals surface area contributed by atoms with Crippen molar-refractivity contribution in [3.63, 3.8) is 0 Å². The number of hydrogen-bond acceptors (Lipinski definition) is 2. The summed E-state index contributed by atoms with van der Waals surface area (Å²) >= 11 is 0. The lowest BCUT2D eigenvalue weighted by Gasteiger charge is -2.19. The summed E-state index contributed by atoms with van der Waals surface area (Å²) in [6.45, 7) is 0.475. The SMILES string of the molecule is CC(NCC(O)C(F)(F)F)c1c(F)cccc1F. The quantitative estimate of drug-likeness (QED) is 0.823. The van der Waals surface area contributed by atoms with Gasteiger partial charge < -0.3 is 10.4 Å². The van der Waals surface area contributed by atoms with Gasteiger partial charge in [0.1, 0.15) is 11.6 Å². The molecule has 0 aliphatic carbocycles. The monoisotopic (exact) mass is 269 g/mol. The fraction of sp³-hybridized carbons (Fsp3) is 0.455. The lowest BCUT2D eigenvalue weighted by atomic mass is 10.1. The third-order valence-electron chi connectivity index (χ3n) is 2.43. The fourth-order valence-electron chi connectivity index (χ4n) is 1.43. The van der Waals surface area contributed by atoms with Crippen molar-refractivity contribution in [3.05, 3.63) is 35.4 Å². The Hall–Kier alpha value is -1.21. The van der Waals surface area contributed by atoms with Crippen LogP contribution in [0.3, 0.4) is 0 Å². The van der Waals surface area contributed by atoms with E-state index in [1.54, 1.807) is 0 Å². The number of hydrogen-bond donors (Lipinski definition) is 2. The maximum atomic E-state index is 13.3. The van der Waals surface area contributed by atoms with Gasteiger partial charge in [0.15, 0.2) is 6.10 Å². The van der Waals surface area contributed by atoms with E-state index >= 15 is 0 Å². The normalized spacial score (nSPS) is 15.5. The molecule has 0 radical (unpaired) electrons. The molecular formula is C11H12F5NO. The average molecular weight is 269 g/mol. The first kappa shape index (κ1) is 14.8. The number of halogens is 5. The van der Waals surface area contributed by atoms with E-state index in [1.165, 1.54) is 6.92 Å². The Kier molecular flexibility index (Phi) is 4.64. The number of nitrogens with one attached hydrogen (secondary N) is 1. The molecule has 0 heterocycles.